The molecule has 2 aromatic carbocycles. The Morgan fingerprint density at radius 3 is 2.28 bits per heavy atom. The highest BCUT2D eigenvalue weighted by Crippen LogP contribution is 2.57. The van der Waals surface area contributed by atoms with Gasteiger partial charge >= 0.3 is 5.97 Å². The molecule has 1 heterocycles. The first-order chi connectivity index (χ1) is 15.5. The minimum Gasteiger partial charge on any atom is -0.462 e. The van der Waals surface area contributed by atoms with E-state index in [1.54, 1.807) is 0 Å². The minimum absolute atomic E-state index is 0.0129. The second-order valence-electron chi connectivity index (χ2n) is 10.5. The fraction of sp³-hybridized carbons (Fsp3) is 0.483. The summed E-state index contributed by atoms with van der Waals surface area (Å²) in [5.74, 6) is 0.807. The molecule has 3 fully saturated rings. The highest BCUT2D eigenvalue weighted by atomic mass is 16.6. The molecule has 1 saturated heterocycles. The van der Waals surface area contributed by atoms with Crippen LogP contribution in [0.5, 0.6) is 0 Å². The number of esters is 1. The molecule has 0 amide bonds. The summed E-state index contributed by atoms with van der Waals surface area (Å²) in [7, 11) is 0. The summed E-state index contributed by atoms with van der Waals surface area (Å²) < 4.78 is 6.03. The minimum atomic E-state index is -0.0494. The lowest BCUT2D eigenvalue weighted by Gasteiger charge is -2.50. The molecule has 3 nitrogen and oxygen atoms in total. The summed E-state index contributed by atoms with van der Waals surface area (Å²) in [6, 6.07) is 21.2. The van der Waals surface area contributed by atoms with Crippen LogP contribution in [0.4, 0.5) is 0 Å². The van der Waals surface area contributed by atoms with Crippen molar-refractivity contribution in [3.05, 3.63) is 83.9 Å². The predicted octanol–water partition coefficient (Wildman–Crippen LogP) is 6.00. The Morgan fingerprint density at radius 2 is 1.66 bits per heavy atom. The zero-order valence-corrected chi connectivity index (χ0v) is 19.2. The molecule has 3 aliphatic rings. The highest BCUT2D eigenvalue weighted by molar-refractivity contribution is 5.75. The van der Waals surface area contributed by atoms with Gasteiger partial charge in [-0.3, -0.25) is 9.69 Å². The predicted molar refractivity (Wildman–Crippen MR) is 128 cm³/mol. The monoisotopic (exact) mass is 429 g/mol. The number of nitrogens with zero attached hydrogens (tertiary/aromatic N) is 1. The quantitative estimate of drug-likeness (QED) is 0.416. The molecule has 2 aromatic rings. The van der Waals surface area contributed by atoms with E-state index in [0.29, 0.717) is 11.8 Å². The van der Waals surface area contributed by atoms with E-state index in [2.05, 4.69) is 79.1 Å². The topological polar surface area (TPSA) is 29.5 Å². The van der Waals surface area contributed by atoms with Crippen molar-refractivity contribution in [1.29, 1.82) is 0 Å². The van der Waals surface area contributed by atoms with Gasteiger partial charge in [-0.25, -0.2) is 0 Å². The van der Waals surface area contributed by atoms with E-state index in [0.717, 1.165) is 38.9 Å². The van der Waals surface area contributed by atoms with Gasteiger partial charge < -0.3 is 4.74 Å². The lowest BCUT2D eigenvalue weighted by Crippen LogP contribution is -2.45. The van der Waals surface area contributed by atoms with Gasteiger partial charge in [-0.2, -0.15) is 0 Å². The van der Waals surface area contributed by atoms with E-state index in [-0.39, 0.29) is 23.4 Å². The number of rotatable bonds is 6. The largest absolute Gasteiger partial charge is 0.462 e. The van der Waals surface area contributed by atoms with E-state index in [1.165, 1.54) is 29.5 Å². The molecule has 1 aliphatic heterocycles. The van der Waals surface area contributed by atoms with Gasteiger partial charge in [0, 0.05) is 25.6 Å². The van der Waals surface area contributed by atoms with Gasteiger partial charge in [0.05, 0.1) is 5.92 Å². The van der Waals surface area contributed by atoms with Crippen LogP contribution in [0, 0.1) is 23.2 Å². The van der Waals surface area contributed by atoms with Crippen LogP contribution in [0.3, 0.4) is 0 Å². The molecule has 0 aromatic heterocycles. The molecule has 2 aliphatic carbocycles. The fourth-order valence-electron chi connectivity index (χ4n) is 6.61. The first kappa shape index (κ1) is 21.5. The second kappa shape index (κ2) is 8.86. The van der Waals surface area contributed by atoms with Crippen molar-refractivity contribution in [3.8, 4) is 0 Å². The van der Waals surface area contributed by atoms with Gasteiger partial charge in [0.1, 0.15) is 6.10 Å². The van der Waals surface area contributed by atoms with Crippen LogP contribution in [0.25, 0.3) is 0 Å². The van der Waals surface area contributed by atoms with Crippen LogP contribution >= 0.6 is 0 Å². The zero-order chi connectivity index (χ0) is 22.1. The molecule has 3 heteroatoms. The van der Waals surface area contributed by atoms with Crippen LogP contribution in [0.15, 0.2) is 72.8 Å². The fourth-order valence-corrected chi connectivity index (χ4v) is 6.61. The molecule has 5 atom stereocenters. The number of hydrogen-bond donors (Lipinski definition) is 0. The van der Waals surface area contributed by atoms with E-state index in [9.17, 15) is 4.79 Å². The van der Waals surface area contributed by atoms with Crippen LogP contribution in [0.2, 0.25) is 0 Å². The number of allylic oxidation sites excluding steroid dienone is 1. The van der Waals surface area contributed by atoms with Gasteiger partial charge in [-0.05, 0) is 54.6 Å². The average molecular weight is 430 g/mol. The van der Waals surface area contributed by atoms with Crippen LogP contribution in [0.1, 0.15) is 50.2 Å². The summed E-state index contributed by atoms with van der Waals surface area (Å²) in [5.41, 5.74) is 4.21. The molecular weight excluding hydrogens is 394 g/mol. The van der Waals surface area contributed by atoms with Crippen molar-refractivity contribution in [2.24, 2.45) is 23.2 Å². The molecule has 0 spiro atoms. The average Bonchev–Trinajstić information content (AvgIpc) is 3.07. The highest BCUT2D eigenvalue weighted by Gasteiger charge is 2.55. The summed E-state index contributed by atoms with van der Waals surface area (Å²) >= 11 is 0. The molecule has 0 bridgehead atoms. The number of hydrogen-bond acceptors (Lipinski definition) is 3. The third-order valence-corrected chi connectivity index (χ3v) is 8.27. The molecule has 0 radical (unpaired) electrons. The maximum atomic E-state index is 13.1. The third-order valence-electron chi connectivity index (χ3n) is 8.27. The molecular formula is C29H35NO2. The van der Waals surface area contributed by atoms with Crippen LogP contribution in [-0.2, 0) is 22.6 Å². The van der Waals surface area contributed by atoms with Gasteiger partial charge in [-0.15, -0.1) is 0 Å². The Labute approximate surface area is 192 Å². The van der Waals surface area contributed by atoms with Crippen molar-refractivity contribution in [3.63, 3.8) is 0 Å². The number of ether oxygens (including phenoxy) is 1. The molecule has 0 unspecified atom stereocenters. The van der Waals surface area contributed by atoms with Crippen molar-refractivity contribution < 1.29 is 9.53 Å². The van der Waals surface area contributed by atoms with E-state index in [4.69, 9.17) is 4.74 Å². The number of carbonyl (C=O) groups excluding carboxylic acids is 1. The smallest absolute Gasteiger partial charge is 0.310 e. The Kier molecular flexibility index (Phi) is 5.94. The third kappa shape index (κ3) is 4.28. The maximum absolute atomic E-state index is 13.1. The van der Waals surface area contributed by atoms with E-state index >= 15 is 0 Å². The summed E-state index contributed by atoms with van der Waals surface area (Å²) in [5, 5.41) is 0. The normalized spacial score (nSPS) is 31.8. The van der Waals surface area contributed by atoms with Crippen LogP contribution < -0.4 is 0 Å². The number of benzene rings is 2. The van der Waals surface area contributed by atoms with Crippen molar-refractivity contribution >= 4 is 5.97 Å². The molecule has 2 saturated carbocycles. The van der Waals surface area contributed by atoms with Gasteiger partial charge in [-0.1, -0.05) is 79.7 Å². The zero-order valence-electron chi connectivity index (χ0n) is 19.2. The Morgan fingerprint density at radius 1 is 1.03 bits per heavy atom. The van der Waals surface area contributed by atoms with Crippen molar-refractivity contribution in [1.82, 2.24) is 4.90 Å². The van der Waals surface area contributed by atoms with Gasteiger partial charge in [0.15, 0.2) is 0 Å². The summed E-state index contributed by atoms with van der Waals surface area (Å²) in [6.45, 7) is 9.26. The molecule has 5 rings (SSSR count). The number of carbonyl (C=O) groups is 1. The van der Waals surface area contributed by atoms with E-state index in [1.807, 2.05) is 0 Å². The lowest BCUT2D eigenvalue weighted by molar-refractivity contribution is -0.146. The SMILES string of the molecule is C=C1CCC[C@]2(C)C[C@H]3OC(=O)[C@H](CN(Cc4ccccc4)Cc4ccccc4)[C@H]3C[C@@H]12. The lowest BCUT2D eigenvalue weighted by atomic mass is 9.55. The first-order valence-electron chi connectivity index (χ1n) is 12.2. The molecule has 0 N–H and O–H groups in total. The standard InChI is InChI=1S/C29H35NO2/c1-21-10-9-15-29(2)17-27-24(16-26(21)29)25(28(31)32-27)20-30(18-22-11-5-3-6-12-22)19-23-13-7-4-8-14-23/h3-8,11-14,24-27H,1,9-10,15-20H2,2H3/t24-,25-,26+,27-,29-/m1/s1. The number of fused-ring (bicyclic) bond motifs is 2. The van der Waals surface area contributed by atoms with Gasteiger partial charge in [0.2, 0.25) is 0 Å². The van der Waals surface area contributed by atoms with Crippen molar-refractivity contribution in [2.75, 3.05) is 6.54 Å². The first-order valence-corrected chi connectivity index (χ1v) is 12.2. The van der Waals surface area contributed by atoms with Crippen LogP contribution in [-0.4, -0.2) is 23.5 Å². The van der Waals surface area contributed by atoms with Gasteiger partial charge in [0.25, 0.3) is 0 Å². The Balaban J connectivity index is 1.36. The second-order valence-corrected chi connectivity index (χ2v) is 10.5. The van der Waals surface area contributed by atoms with E-state index < -0.39 is 0 Å². The molecule has 168 valence electrons. The summed E-state index contributed by atoms with van der Waals surface area (Å²) in [4.78, 5) is 15.5. The Hall–Kier alpha value is -2.39. The Bertz CT molecular complexity index is 914. The maximum Gasteiger partial charge on any atom is 0.310 e. The van der Waals surface area contributed by atoms with Crippen molar-refractivity contribution in [2.45, 2.75) is 58.2 Å². The molecule has 32 heavy (non-hydrogen) atoms. The summed E-state index contributed by atoms with van der Waals surface area (Å²) in [6.07, 6.45) is 5.74.